The lowest BCUT2D eigenvalue weighted by atomic mass is 10.1. The molecule has 0 fully saturated rings. The molecule has 0 aliphatic carbocycles. The highest BCUT2D eigenvalue weighted by Gasteiger charge is 2.15. The fourth-order valence-corrected chi connectivity index (χ4v) is 3.57. The zero-order valence-electron chi connectivity index (χ0n) is 21.3. The van der Waals surface area contributed by atoms with Crippen molar-refractivity contribution in [2.24, 2.45) is 0 Å². The lowest BCUT2D eigenvalue weighted by molar-refractivity contribution is -0.111. The van der Waals surface area contributed by atoms with Crippen LogP contribution in [0, 0.1) is 0 Å². The molecule has 3 aromatic carbocycles. The number of phenols is 1. The number of aromatic hydroxyl groups is 1. The molecule has 0 aliphatic heterocycles. The maximum atomic E-state index is 12.7. The van der Waals surface area contributed by atoms with Crippen LogP contribution in [0.25, 0.3) is 18.2 Å². The Morgan fingerprint density at radius 3 is 1.97 bits per heavy atom. The molecule has 0 saturated heterocycles. The maximum absolute atomic E-state index is 12.7. The molecule has 0 aromatic heterocycles. The van der Waals surface area contributed by atoms with E-state index in [0.29, 0.717) is 34.2 Å². The molecule has 37 heavy (non-hydrogen) atoms. The number of nitrogens with one attached hydrogen (secondary N) is 1. The highest BCUT2D eigenvalue weighted by molar-refractivity contribution is 6.04. The molecule has 3 aromatic rings. The Kier molecular flexibility index (Phi) is 8.88. The zero-order valence-corrected chi connectivity index (χ0v) is 21.3. The first kappa shape index (κ1) is 26.8. The summed E-state index contributed by atoms with van der Waals surface area (Å²) in [5, 5.41) is 13.5. The van der Waals surface area contributed by atoms with Crippen molar-refractivity contribution in [3.63, 3.8) is 0 Å². The summed E-state index contributed by atoms with van der Waals surface area (Å²) in [5.41, 5.74) is 8.54. The predicted molar refractivity (Wildman–Crippen MR) is 145 cm³/mol. The first-order chi connectivity index (χ1) is 17.8. The van der Waals surface area contributed by atoms with Crippen molar-refractivity contribution < 1.29 is 33.6 Å². The number of nitrogen functional groups attached to an aromatic ring is 1. The first-order valence-electron chi connectivity index (χ1n) is 11.2. The van der Waals surface area contributed by atoms with Crippen molar-refractivity contribution >= 4 is 35.5 Å². The quantitative estimate of drug-likeness (QED) is 0.155. The molecule has 0 unspecified atom stereocenters. The van der Waals surface area contributed by atoms with E-state index in [1.165, 1.54) is 41.6 Å². The topological polar surface area (TPSA) is 122 Å². The fraction of sp³-hybridized carbons (Fsp3) is 0.179. The van der Waals surface area contributed by atoms with Gasteiger partial charge in [0.1, 0.15) is 5.75 Å². The van der Waals surface area contributed by atoms with Crippen molar-refractivity contribution in [2.45, 2.75) is 0 Å². The normalized spacial score (nSPS) is 10.9. The number of rotatable bonds is 10. The van der Waals surface area contributed by atoms with Crippen LogP contribution in [0.15, 0.2) is 48.5 Å². The number of hydrogen-bond donors (Lipinski definition) is 3. The molecule has 0 spiro atoms. The second-order valence-electron chi connectivity index (χ2n) is 7.70. The van der Waals surface area contributed by atoms with E-state index in [0.717, 1.165) is 11.1 Å². The lowest BCUT2D eigenvalue weighted by Gasteiger charge is -2.14. The van der Waals surface area contributed by atoms with Gasteiger partial charge >= 0.3 is 0 Å². The van der Waals surface area contributed by atoms with Crippen LogP contribution in [0.5, 0.6) is 34.5 Å². The van der Waals surface area contributed by atoms with Gasteiger partial charge in [-0.1, -0.05) is 18.2 Å². The summed E-state index contributed by atoms with van der Waals surface area (Å²) in [4.78, 5) is 12.7. The predicted octanol–water partition coefficient (Wildman–Crippen LogP) is 4.84. The third-order valence-corrected chi connectivity index (χ3v) is 5.47. The van der Waals surface area contributed by atoms with Crippen molar-refractivity contribution in [3.05, 3.63) is 65.2 Å². The van der Waals surface area contributed by atoms with Gasteiger partial charge in [-0.3, -0.25) is 4.79 Å². The van der Waals surface area contributed by atoms with Crippen LogP contribution in [-0.4, -0.2) is 46.6 Å². The molecular weight excluding hydrogens is 476 g/mol. The van der Waals surface area contributed by atoms with E-state index < -0.39 is 5.91 Å². The molecule has 0 aliphatic rings. The summed E-state index contributed by atoms with van der Waals surface area (Å²) in [6.45, 7) is 0. The summed E-state index contributed by atoms with van der Waals surface area (Å²) >= 11 is 0. The molecule has 0 bridgehead atoms. The van der Waals surface area contributed by atoms with Crippen LogP contribution in [0.1, 0.15) is 16.7 Å². The van der Waals surface area contributed by atoms with Crippen molar-refractivity contribution in [1.29, 1.82) is 0 Å². The molecule has 4 N–H and O–H groups in total. The highest BCUT2D eigenvalue weighted by atomic mass is 16.5. The molecule has 0 radical (unpaired) electrons. The van der Waals surface area contributed by atoms with Gasteiger partial charge < -0.3 is 39.8 Å². The van der Waals surface area contributed by atoms with E-state index in [1.807, 2.05) is 0 Å². The Bertz CT molecular complexity index is 1310. The van der Waals surface area contributed by atoms with Gasteiger partial charge in [-0.2, -0.15) is 0 Å². The van der Waals surface area contributed by atoms with E-state index in [-0.39, 0.29) is 17.2 Å². The summed E-state index contributed by atoms with van der Waals surface area (Å²) in [6.07, 6.45) is 6.48. The van der Waals surface area contributed by atoms with Crippen LogP contribution < -0.4 is 34.7 Å². The molecule has 0 saturated carbocycles. The first-order valence-corrected chi connectivity index (χ1v) is 11.2. The van der Waals surface area contributed by atoms with Crippen LogP contribution in [-0.2, 0) is 4.79 Å². The van der Waals surface area contributed by atoms with Crippen LogP contribution in [0.4, 0.5) is 11.4 Å². The third-order valence-electron chi connectivity index (χ3n) is 5.47. The Balaban J connectivity index is 1.92. The Morgan fingerprint density at radius 2 is 1.38 bits per heavy atom. The molecule has 194 valence electrons. The van der Waals surface area contributed by atoms with Crippen molar-refractivity contribution in [2.75, 3.05) is 46.6 Å². The number of hydrogen-bond acceptors (Lipinski definition) is 8. The smallest absolute Gasteiger partial charge is 0.248 e. The monoisotopic (exact) mass is 506 g/mol. The highest BCUT2D eigenvalue weighted by Crippen LogP contribution is 2.40. The van der Waals surface area contributed by atoms with Gasteiger partial charge in [-0.05, 0) is 53.6 Å². The molecule has 0 heterocycles. The Morgan fingerprint density at radius 1 is 0.757 bits per heavy atom. The van der Waals surface area contributed by atoms with E-state index in [4.69, 9.17) is 29.4 Å². The van der Waals surface area contributed by atoms with E-state index >= 15 is 0 Å². The van der Waals surface area contributed by atoms with Crippen LogP contribution in [0.2, 0.25) is 0 Å². The van der Waals surface area contributed by atoms with Gasteiger partial charge in [0.2, 0.25) is 11.7 Å². The number of benzene rings is 3. The summed E-state index contributed by atoms with van der Waals surface area (Å²) in [6, 6.07) is 12.1. The molecular formula is C28H30N2O7. The summed E-state index contributed by atoms with van der Waals surface area (Å²) < 4.78 is 26.6. The standard InChI is InChI=1S/C28H30N2O7/c1-33-21-12-10-19(9-6-18-15-23(35-3)28(37-5)24(16-18)36-4)26(27(21)32)30-25(31)13-8-17-7-11-20(29)22(14-17)34-2/h6-16,32H,29H2,1-5H3,(H,30,31)/b9-6-,13-8+. The van der Waals surface area contributed by atoms with Gasteiger partial charge in [-0.25, -0.2) is 0 Å². The van der Waals surface area contributed by atoms with Gasteiger partial charge in [0.25, 0.3) is 0 Å². The number of methoxy groups -OCH3 is 5. The number of carbonyl (C=O) groups is 1. The average molecular weight is 507 g/mol. The number of amides is 1. The second kappa shape index (κ2) is 12.3. The van der Waals surface area contributed by atoms with Crippen LogP contribution in [0.3, 0.4) is 0 Å². The minimum Gasteiger partial charge on any atom is -0.503 e. The zero-order chi connectivity index (χ0) is 26.9. The SMILES string of the molecule is COc1cc(/C=C/C(=O)Nc2c(/C=C\c3cc(OC)c(OC)c(OC)c3)ccc(OC)c2O)ccc1N. The number of phenolic OH excluding ortho intramolecular Hbond substituents is 1. The van der Waals surface area contributed by atoms with Gasteiger partial charge in [0.05, 0.1) is 46.9 Å². The summed E-state index contributed by atoms with van der Waals surface area (Å²) in [7, 11) is 7.55. The minimum atomic E-state index is -0.457. The molecule has 1 amide bonds. The average Bonchev–Trinajstić information content (AvgIpc) is 2.92. The molecule has 9 nitrogen and oxygen atoms in total. The van der Waals surface area contributed by atoms with E-state index in [1.54, 1.807) is 60.7 Å². The van der Waals surface area contributed by atoms with Crippen molar-refractivity contribution in [1.82, 2.24) is 0 Å². The van der Waals surface area contributed by atoms with E-state index in [2.05, 4.69) is 5.32 Å². The third kappa shape index (κ3) is 6.26. The van der Waals surface area contributed by atoms with Crippen molar-refractivity contribution in [3.8, 4) is 34.5 Å². The minimum absolute atomic E-state index is 0.188. The van der Waals surface area contributed by atoms with Crippen LogP contribution >= 0.6 is 0 Å². The lowest BCUT2D eigenvalue weighted by Crippen LogP contribution is -2.09. The van der Waals surface area contributed by atoms with Gasteiger partial charge in [-0.15, -0.1) is 0 Å². The second-order valence-corrected chi connectivity index (χ2v) is 7.70. The van der Waals surface area contributed by atoms with Gasteiger partial charge in [0, 0.05) is 11.6 Å². The number of nitrogens with two attached hydrogens (primary N) is 1. The number of carbonyl (C=O) groups excluding carboxylic acids is 1. The molecule has 3 rings (SSSR count). The number of ether oxygens (including phenoxy) is 5. The molecule has 0 atom stereocenters. The Labute approximate surface area is 215 Å². The van der Waals surface area contributed by atoms with Gasteiger partial charge in [0.15, 0.2) is 23.0 Å². The summed E-state index contributed by atoms with van der Waals surface area (Å²) in [5.74, 6) is 1.53. The molecule has 9 heteroatoms. The van der Waals surface area contributed by atoms with E-state index in [9.17, 15) is 9.90 Å². The largest absolute Gasteiger partial charge is 0.503 e. The number of anilines is 2. The fourth-order valence-electron chi connectivity index (χ4n) is 3.57. The Hall–Kier alpha value is -4.79. The maximum Gasteiger partial charge on any atom is 0.248 e.